The average molecular weight is 474 g/mol. The zero-order valence-corrected chi connectivity index (χ0v) is 21.1. The first-order chi connectivity index (χ1) is 15.5. The van der Waals surface area contributed by atoms with Crippen LogP contribution in [0.15, 0.2) is 47.5 Å². The molecule has 1 unspecified atom stereocenters. The lowest BCUT2D eigenvalue weighted by Gasteiger charge is -2.27. The van der Waals surface area contributed by atoms with Crippen LogP contribution in [0.4, 0.5) is 10.6 Å². The monoisotopic (exact) mass is 473 g/mol. The second kappa shape index (κ2) is 10.2. The molecule has 1 atom stereocenters. The van der Waals surface area contributed by atoms with E-state index in [0.29, 0.717) is 23.8 Å². The molecule has 1 amide bonds. The minimum atomic E-state index is -3.60. The first-order valence-corrected chi connectivity index (χ1v) is 13.0. The van der Waals surface area contributed by atoms with Crippen LogP contribution in [0.1, 0.15) is 70.5 Å². The summed E-state index contributed by atoms with van der Waals surface area (Å²) >= 11 is 0. The zero-order chi connectivity index (χ0) is 24.2. The van der Waals surface area contributed by atoms with E-state index in [1.54, 1.807) is 33.6 Å². The van der Waals surface area contributed by atoms with Gasteiger partial charge in [-0.2, -0.15) is 4.31 Å². The van der Waals surface area contributed by atoms with Gasteiger partial charge >= 0.3 is 6.09 Å². The number of aromatic nitrogens is 1. The Kier molecular flexibility index (Phi) is 7.80. The van der Waals surface area contributed by atoms with Gasteiger partial charge in [-0.25, -0.2) is 18.2 Å². The molecule has 180 valence electrons. The number of pyridine rings is 1. The van der Waals surface area contributed by atoms with E-state index in [1.807, 2.05) is 45.9 Å². The molecule has 8 heteroatoms. The number of amides is 1. The summed E-state index contributed by atoms with van der Waals surface area (Å²) in [6.07, 6.45) is 4.54. The third kappa shape index (κ3) is 6.12. The van der Waals surface area contributed by atoms with Crippen molar-refractivity contribution in [2.75, 3.05) is 18.0 Å². The summed E-state index contributed by atoms with van der Waals surface area (Å²) in [6.45, 7) is 10.5. The number of rotatable bonds is 7. The number of hydrogen-bond donors (Lipinski definition) is 0. The lowest BCUT2D eigenvalue weighted by Crippen LogP contribution is -2.38. The maximum absolute atomic E-state index is 13.3. The summed E-state index contributed by atoms with van der Waals surface area (Å²) < 4.78 is 33.7. The number of hydrogen-bond acceptors (Lipinski definition) is 5. The molecule has 0 N–H and O–H groups in total. The highest BCUT2D eigenvalue weighted by Gasteiger charge is 2.36. The summed E-state index contributed by atoms with van der Waals surface area (Å²) in [4.78, 5) is 19.1. The molecule has 7 nitrogen and oxygen atoms in total. The van der Waals surface area contributed by atoms with Crippen LogP contribution < -0.4 is 4.90 Å². The van der Waals surface area contributed by atoms with Crippen LogP contribution >= 0.6 is 0 Å². The molecule has 1 aliphatic heterocycles. The van der Waals surface area contributed by atoms with Gasteiger partial charge in [0.25, 0.3) is 0 Å². The predicted molar refractivity (Wildman–Crippen MR) is 130 cm³/mol. The van der Waals surface area contributed by atoms with E-state index in [-0.39, 0.29) is 6.04 Å². The Morgan fingerprint density at radius 1 is 1.18 bits per heavy atom. The molecule has 0 bridgehead atoms. The van der Waals surface area contributed by atoms with Gasteiger partial charge in [-0.15, -0.1) is 0 Å². The Balaban J connectivity index is 1.83. The minimum Gasteiger partial charge on any atom is -0.443 e. The molecular weight excluding hydrogens is 438 g/mol. The average Bonchev–Trinajstić information content (AvgIpc) is 3.24. The van der Waals surface area contributed by atoms with E-state index in [1.165, 1.54) is 0 Å². The first kappa shape index (κ1) is 25.2. The SMILES string of the molecule is CCCCN(C(=O)OC(C)(C)C)c1ccc(C2CCCN2S(=O)(=O)c2ccc(C)cc2)cn1. The van der Waals surface area contributed by atoms with Gasteiger partial charge in [-0.1, -0.05) is 37.1 Å². The molecule has 1 aliphatic rings. The molecule has 2 aromatic rings. The van der Waals surface area contributed by atoms with Gasteiger partial charge in [-0.05, 0) is 70.7 Å². The number of ether oxygens (including phenoxy) is 1. The molecule has 0 radical (unpaired) electrons. The van der Waals surface area contributed by atoms with E-state index < -0.39 is 21.7 Å². The van der Waals surface area contributed by atoms with Crippen molar-refractivity contribution < 1.29 is 17.9 Å². The Labute approximate surface area is 197 Å². The molecule has 0 saturated carbocycles. The topological polar surface area (TPSA) is 79.8 Å². The van der Waals surface area contributed by atoms with Crippen molar-refractivity contribution in [3.8, 4) is 0 Å². The number of benzene rings is 1. The molecule has 1 aromatic carbocycles. The summed E-state index contributed by atoms with van der Waals surface area (Å²) in [6, 6.07) is 10.3. The van der Waals surface area contributed by atoms with Crippen LogP contribution in [0.5, 0.6) is 0 Å². The molecule has 0 aliphatic carbocycles. The van der Waals surface area contributed by atoms with Crippen LogP contribution in [-0.4, -0.2) is 42.5 Å². The second-order valence-electron chi connectivity index (χ2n) is 9.52. The quantitative estimate of drug-likeness (QED) is 0.534. The van der Waals surface area contributed by atoms with Gasteiger partial charge in [0, 0.05) is 19.3 Å². The third-order valence-corrected chi connectivity index (χ3v) is 7.53. The van der Waals surface area contributed by atoms with Crippen molar-refractivity contribution in [2.24, 2.45) is 0 Å². The number of aryl methyl sites for hydroxylation is 1. The molecular formula is C25H35N3O4S. The summed E-state index contributed by atoms with van der Waals surface area (Å²) in [7, 11) is -3.60. The zero-order valence-electron chi connectivity index (χ0n) is 20.2. The minimum absolute atomic E-state index is 0.275. The fraction of sp³-hybridized carbons (Fsp3) is 0.520. The first-order valence-electron chi connectivity index (χ1n) is 11.6. The van der Waals surface area contributed by atoms with E-state index in [2.05, 4.69) is 11.9 Å². The number of sulfonamides is 1. The lowest BCUT2D eigenvalue weighted by molar-refractivity contribution is 0.0578. The maximum atomic E-state index is 13.3. The van der Waals surface area contributed by atoms with Gasteiger partial charge in [0.2, 0.25) is 10.0 Å². The summed E-state index contributed by atoms with van der Waals surface area (Å²) in [5.74, 6) is 0.507. The fourth-order valence-electron chi connectivity index (χ4n) is 3.89. The maximum Gasteiger partial charge on any atom is 0.416 e. The van der Waals surface area contributed by atoms with Crippen LogP contribution in [0, 0.1) is 6.92 Å². The van der Waals surface area contributed by atoms with Crippen molar-refractivity contribution in [1.29, 1.82) is 0 Å². The molecule has 1 aromatic heterocycles. The van der Waals surface area contributed by atoms with Crippen LogP contribution in [0.2, 0.25) is 0 Å². The largest absolute Gasteiger partial charge is 0.443 e. The van der Waals surface area contributed by atoms with Gasteiger partial charge in [0.15, 0.2) is 0 Å². The van der Waals surface area contributed by atoms with E-state index >= 15 is 0 Å². The Hall–Kier alpha value is -2.45. The number of carbonyl (C=O) groups is 1. The molecule has 1 saturated heterocycles. The molecule has 33 heavy (non-hydrogen) atoms. The van der Waals surface area contributed by atoms with Gasteiger partial charge in [0.05, 0.1) is 10.9 Å². The fourth-order valence-corrected chi connectivity index (χ4v) is 5.58. The number of unbranched alkanes of at least 4 members (excludes halogenated alkanes) is 1. The van der Waals surface area contributed by atoms with Crippen molar-refractivity contribution in [3.05, 3.63) is 53.7 Å². The summed E-state index contributed by atoms with van der Waals surface area (Å²) in [5, 5.41) is 0. The second-order valence-corrected chi connectivity index (χ2v) is 11.4. The normalized spacial score (nSPS) is 17.2. The van der Waals surface area contributed by atoms with Gasteiger partial charge in [-0.3, -0.25) is 4.90 Å². The number of nitrogens with zero attached hydrogens (tertiary/aromatic N) is 3. The number of anilines is 1. The Bertz CT molecular complexity index is 1040. The third-order valence-electron chi connectivity index (χ3n) is 5.61. The number of carbonyl (C=O) groups excluding carboxylic acids is 1. The van der Waals surface area contributed by atoms with Crippen LogP contribution in [0.3, 0.4) is 0 Å². The van der Waals surface area contributed by atoms with Crippen LogP contribution in [-0.2, 0) is 14.8 Å². The molecule has 1 fully saturated rings. The summed E-state index contributed by atoms with van der Waals surface area (Å²) in [5.41, 5.74) is 1.24. The van der Waals surface area contributed by atoms with Gasteiger partial charge in [0.1, 0.15) is 11.4 Å². The van der Waals surface area contributed by atoms with E-state index in [9.17, 15) is 13.2 Å². The van der Waals surface area contributed by atoms with Crippen molar-refractivity contribution in [2.45, 2.75) is 76.8 Å². The van der Waals surface area contributed by atoms with E-state index in [4.69, 9.17) is 4.74 Å². The highest BCUT2D eigenvalue weighted by Crippen LogP contribution is 2.36. The lowest BCUT2D eigenvalue weighted by atomic mass is 10.1. The molecule has 2 heterocycles. The Morgan fingerprint density at radius 2 is 1.88 bits per heavy atom. The van der Waals surface area contributed by atoms with Crippen molar-refractivity contribution in [3.63, 3.8) is 0 Å². The smallest absolute Gasteiger partial charge is 0.416 e. The highest BCUT2D eigenvalue weighted by molar-refractivity contribution is 7.89. The van der Waals surface area contributed by atoms with Crippen molar-refractivity contribution in [1.82, 2.24) is 9.29 Å². The molecule has 3 rings (SSSR count). The van der Waals surface area contributed by atoms with Crippen LogP contribution in [0.25, 0.3) is 0 Å². The van der Waals surface area contributed by atoms with Crippen molar-refractivity contribution >= 4 is 21.9 Å². The van der Waals surface area contributed by atoms with Gasteiger partial charge < -0.3 is 4.74 Å². The Morgan fingerprint density at radius 3 is 2.45 bits per heavy atom. The standard InChI is InChI=1S/C25H35N3O4S/c1-6-7-16-27(24(29)32-25(3,4)5)23-15-12-20(18-26-23)22-9-8-17-28(22)33(30,31)21-13-10-19(2)11-14-21/h10-15,18,22H,6-9,16-17H2,1-5H3. The predicted octanol–water partition coefficient (Wildman–Crippen LogP) is 5.46. The van der Waals surface area contributed by atoms with E-state index in [0.717, 1.165) is 36.8 Å². The molecule has 0 spiro atoms. The highest BCUT2D eigenvalue weighted by atomic mass is 32.2.